The molecule has 23 unspecified atom stereocenters. The topological polar surface area (TPSA) is 536 Å². The number of carbonyl (C=O) groups excluding carboxylic acids is 7. The number of amides is 5. The van der Waals surface area contributed by atoms with Crippen LogP contribution in [0.1, 0.15) is 98.3 Å². The second-order valence-corrected chi connectivity index (χ2v) is 28.2. The summed E-state index contributed by atoms with van der Waals surface area (Å²) in [5.41, 5.74) is 10.6. The monoisotopic (exact) mass is 1740 g/mol. The molecule has 0 aromatic rings. The first kappa shape index (κ1) is 97.5. The molecule has 5 aliphatic heterocycles. The second kappa shape index (κ2) is 54.9. The smallest absolute Gasteiger partial charge is 0.314 e. The molecular formula is C65H119AuN7O28S3. The molecule has 104 heavy (non-hydrogen) atoms. The Morgan fingerprint density at radius 3 is 1.40 bits per heavy atom. The second-order valence-electron chi connectivity index (χ2n) is 25.2. The molecule has 611 valence electrons. The maximum absolute atomic E-state index is 13.6. The summed E-state index contributed by atoms with van der Waals surface area (Å²) in [7, 11) is 0. The zero-order chi connectivity index (χ0) is 76.6. The normalized spacial score (nSPS) is 30.5. The molecule has 5 aliphatic rings. The molecule has 1 radical (unpaired) electrons. The summed E-state index contributed by atoms with van der Waals surface area (Å²) in [6.07, 6.45) is -20.9. The molecule has 0 bridgehead atoms. The van der Waals surface area contributed by atoms with E-state index in [0.717, 1.165) is 30.9 Å². The van der Waals surface area contributed by atoms with E-state index in [1.807, 2.05) is 46.5 Å². The van der Waals surface area contributed by atoms with Crippen LogP contribution in [-0.4, -0.2) is 343 Å². The molecule has 0 saturated carbocycles. The van der Waals surface area contributed by atoms with Crippen LogP contribution < -0.4 is 38.1 Å². The third-order valence-electron chi connectivity index (χ3n) is 17.2. The number of carbonyl (C=O) groups is 7. The molecule has 5 heterocycles. The number of esters is 2. The fourth-order valence-electron chi connectivity index (χ4n) is 11.4. The first-order valence-corrected chi connectivity index (χ1v) is 39.5. The number of aliphatic hydroxyl groups excluding tert-OH is 10. The predicted molar refractivity (Wildman–Crippen MR) is 376 cm³/mol. The van der Waals surface area contributed by atoms with Gasteiger partial charge in [-0.05, 0) is 57.3 Å². The van der Waals surface area contributed by atoms with E-state index >= 15 is 0 Å². The fourth-order valence-corrected chi connectivity index (χ4v) is 12.2. The Bertz CT molecular complexity index is 2410. The predicted octanol–water partition coefficient (Wildman–Crippen LogP) is -4.77. The van der Waals surface area contributed by atoms with E-state index in [0.29, 0.717) is 50.9 Å². The van der Waals surface area contributed by atoms with E-state index in [1.54, 1.807) is 35.3 Å². The Morgan fingerprint density at radius 2 is 0.904 bits per heavy atom. The van der Waals surface area contributed by atoms with Gasteiger partial charge in [0.2, 0.25) is 29.5 Å². The van der Waals surface area contributed by atoms with Gasteiger partial charge in [0.25, 0.3) is 0 Å². The van der Waals surface area contributed by atoms with E-state index < -0.39 is 197 Å². The average molecular weight is 1740 g/mol. The van der Waals surface area contributed by atoms with Gasteiger partial charge >= 0.3 is 11.9 Å². The van der Waals surface area contributed by atoms with Crippen molar-refractivity contribution < 1.29 is 159 Å². The van der Waals surface area contributed by atoms with Gasteiger partial charge in [-0.25, -0.2) is 0 Å². The van der Waals surface area contributed by atoms with Crippen molar-refractivity contribution in [2.45, 2.75) is 221 Å². The van der Waals surface area contributed by atoms with Gasteiger partial charge in [0.1, 0.15) is 111 Å². The maximum Gasteiger partial charge on any atom is 0.314 e. The largest absolute Gasteiger partial charge is 0.393 e. The zero-order valence-corrected chi connectivity index (χ0v) is 65.2. The maximum atomic E-state index is 13.6. The molecule has 5 amide bonds. The summed E-state index contributed by atoms with van der Waals surface area (Å²) in [6, 6.07) is 0. The molecule has 0 aromatic heterocycles. The molecule has 5 fully saturated rings. The summed E-state index contributed by atoms with van der Waals surface area (Å²) in [5.74, 6) is -1.76. The molecule has 39 heteroatoms. The average Bonchev–Trinajstić information content (AvgIpc) is 0.835. The van der Waals surface area contributed by atoms with Crippen LogP contribution in [0.25, 0.3) is 0 Å². The van der Waals surface area contributed by atoms with Gasteiger partial charge in [-0.15, -0.1) is 0 Å². The number of aliphatic hydroxyl groups is 10. The molecule has 19 N–H and O–H groups in total. The van der Waals surface area contributed by atoms with Crippen LogP contribution in [0.15, 0.2) is 0 Å². The van der Waals surface area contributed by atoms with Crippen LogP contribution in [-0.2, 0) is 108 Å². The van der Waals surface area contributed by atoms with Crippen molar-refractivity contribution in [1.29, 1.82) is 0 Å². The first-order chi connectivity index (χ1) is 49.3. The van der Waals surface area contributed by atoms with Crippen LogP contribution in [0.2, 0.25) is 0 Å². The van der Waals surface area contributed by atoms with E-state index in [9.17, 15) is 84.6 Å². The van der Waals surface area contributed by atoms with Gasteiger partial charge in [0.05, 0.1) is 45.4 Å². The molecule has 5 saturated heterocycles. The van der Waals surface area contributed by atoms with Crippen molar-refractivity contribution in [3.05, 3.63) is 0 Å². The van der Waals surface area contributed by atoms with E-state index in [-0.39, 0.29) is 105 Å². The number of hydrogen-bond acceptors (Lipinski definition) is 33. The standard InChI is InChI=1S/C58H106N6O25S2.C4H4O3.C3H9NS.Au/c1-7-11-13-32(54(78)63-18-21-90-5)24-33(55(79)64-19-22-91-6)23-31(10-4)53(77)62-17-16-61-40(66)29-81-51-38(25-80-20-9-3)89-57(50(76)48(51)74)84-27-36-43(69)46(72)49(75)56(87-36)83-28-37-44(70)47(73)52(82-30-39(65)60-15-14-59)58(88-37)85-26-35-42(68)45(71)41(67)34(86-35)12-8-2;5-3-1-2-4(6)7-3;1-5-3-2-4;/h31-38,41-52,56-58,67-76H,7-30,59H2,1-6H3,(H,60,65)(H,61,66)(H,62,77)(H,63,78)(H,64,79);1-2H2;2-4H2,1H3;. The molecule has 35 nitrogen and oxygen atoms in total. The van der Waals surface area contributed by atoms with Gasteiger partial charge in [-0.1, -0.05) is 47.0 Å². The summed E-state index contributed by atoms with van der Waals surface area (Å²) in [5, 5.41) is 124. The van der Waals surface area contributed by atoms with Gasteiger partial charge < -0.3 is 141 Å². The minimum Gasteiger partial charge on any atom is -0.393 e. The van der Waals surface area contributed by atoms with Crippen molar-refractivity contribution >= 4 is 76.8 Å². The van der Waals surface area contributed by atoms with Crippen LogP contribution in [0, 0.1) is 17.8 Å². The van der Waals surface area contributed by atoms with Crippen molar-refractivity contribution in [2.75, 3.05) is 128 Å². The minimum atomic E-state index is -1.95. The van der Waals surface area contributed by atoms with Gasteiger partial charge in [0, 0.05) is 110 Å². The molecule has 23 atom stereocenters. The number of hydrogen-bond donors (Lipinski definition) is 17. The van der Waals surface area contributed by atoms with Crippen LogP contribution in [0.3, 0.4) is 0 Å². The van der Waals surface area contributed by atoms with Crippen molar-refractivity contribution in [3.8, 4) is 0 Å². The number of rotatable bonds is 45. The number of nitrogens with one attached hydrogen (secondary N) is 5. The van der Waals surface area contributed by atoms with E-state index in [1.165, 1.54) is 0 Å². The van der Waals surface area contributed by atoms with Crippen molar-refractivity contribution in [2.24, 2.45) is 29.2 Å². The number of cyclic esters (lactones) is 2. The van der Waals surface area contributed by atoms with Crippen LogP contribution in [0.5, 0.6) is 0 Å². The molecule has 0 aliphatic carbocycles. The van der Waals surface area contributed by atoms with Gasteiger partial charge in [-0.2, -0.15) is 35.3 Å². The number of ether oxygens (including phenoxy) is 11. The molecule has 0 spiro atoms. The Morgan fingerprint density at radius 1 is 0.462 bits per heavy atom. The quantitative estimate of drug-likeness (QED) is 0.0118. The zero-order valence-electron chi connectivity index (χ0n) is 60.6. The molecule has 5 rings (SSSR count). The summed E-state index contributed by atoms with van der Waals surface area (Å²) < 4.78 is 62.4. The van der Waals surface area contributed by atoms with E-state index in [4.69, 9.17) is 58.8 Å². The first-order valence-electron chi connectivity index (χ1n) is 35.4. The Kier molecular flexibility index (Phi) is 51.5. The van der Waals surface area contributed by atoms with Gasteiger partial charge in [0.15, 0.2) is 18.9 Å². The van der Waals surface area contributed by atoms with Crippen molar-refractivity contribution in [1.82, 2.24) is 26.6 Å². The minimum absolute atomic E-state index is 0. The Balaban J connectivity index is 0.00000257. The fraction of sp³-hybridized carbons (Fsp3) is 0.892. The van der Waals surface area contributed by atoms with E-state index in [2.05, 4.69) is 31.3 Å². The Labute approximate surface area is 637 Å². The molecular weight excluding hydrogens is 1620 g/mol. The third kappa shape index (κ3) is 33.9. The third-order valence-corrected chi connectivity index (χ3v) is 19.1. The van der Waals surface area contributed by atoms with Crippen LogP contribution >= 0.6 is 35.3 Å². The summed E-state index contributed by atoms with van der Waals surface area (Å²) >= 11 is 4.98. The molecule has 0 aromatic carbocycles. The summed E-state index contributed by atoms with van der Waals surface area (Å²) in [6.45, 7) is 6.39. The van der Waals surface area contributed by atoms with Crippen molar-refractivity contribution in [3.63, 3.8) is 0 Å². The van der Waals surface area contributed by atoms with Crippen LogP contribution in [0.4, 0.5) is 0 Å². The summed E-state index contributed by atoms with van der Waals surface area (Å²) in [4.78, 5) is 86.1. The Hall–Kier alpha value is -2.60. The number of thioether (sulfide) groups is 3. The number of unbranched alkanes of at least 4 members (excludes halogenated alkanes) is 1. The van der Waals surface area contributed by atoms with Gasteiger partial charge in [-0.3, -0.25) is 33.6 Å². The SMILES string of the molecule is CCCCC(CC(CC(CC)C(=O)NCCNC(=O)COC1C(COCCC)OC(OCC2OC(OCC3OC(OCC4OC(CCC)C(O)C(O)C4O)C(OCC(=O)NCCN)C(O)C3O)C(O)C(O)C2O)C(O)C1O)C(=O)NCCSC)C(=O)NCCSC.CSCCN.O=C1CCC(=O)O1.[Au]. The number of nitrogens with two attached hydrogens (primary N) is 2.